The van der Waals surface area contributed by atoms with Gasteiger partial charge >= 0.3 is 0 Å². The summed E-state index contributed by atoms with van der Waals surface area (Å²) in [7, 11) is 1.69. The van der Waals surface area contributed by atoms with E-state index in [1.807, 2.05) is 19.1 Å². The van der Waals surface area contributed by atoms with Crippen molar-refractivity contribution in [2.45, 2.75) is 19.6 Å². The number of hydrogen-bond acceptors (Lipinski definition) is 6. The number of aryl methyl sites for hydroxylation is 1. The second kappa shape index (κ2) is 6.82. The normalized spacial score (nSPS) is 18.6. The van der Waals surface area contributed by atoms with Crippen LogP contribution < -0.4 is 4.74 Å². The molecule has 0 unspecified atom stereocenters. The lowest BCUT2D eigenvalue weighted by molar-refractivity contribution is -0.0351. The van der Waals surface area contributed by atoms with Crippen LogP contribution in [0.3, 0.4) is 0 Å². The van der Waals surface area contributed by atoms with Gasteiger partial charge in [0.05, 0.1) is 26.4 Å². The largest absolute Gasteiger partial charge is 0.497 e. The van der Waals surface area contributed by atoms with E-state index in [4.69, 9.17) is 13.9 Å². The summed E-state index contributed by atoms with van der Waals surface area (Å²) in [6.07, 6.45) is 0.0456. The number of nitrogens with zero attached hydrogens (tertiary/aromatic N) is 3. The van der Waals surface area contributed by atoms with Crippen LogP contribution in [0, 0.1) is 6.92 Å². The van der Waals surface area contributed by atoms with Gasteiger partial charge in [-0.05, 0) is 34.5 Å². The van der Waals surface area contributed by atoms with Crippen LogP contribution in [0.4, 0.5) is 0 Å². The number of methoxy groups -OCH3 is 1. The number of aromatic nitrogens is 2. The maximum atomic E-state index is 6.00. The highest BCUT2D eigenvalue weighted by atomic mass is 16.5. The molecule has 2 aromatic carbocycles. The van der Waals surface area contributed by atoms with Crippen molar-refractivity contribution >= 4 is 10.8 Å². The SMILES string of the molecule is COc1ccc2cc([C@@H]3CN(Cc4nnc(C)o4)CCO3)ccc2c1. The first-order valence-electron chi connectivity index (χ1n) is 8.42. The summed E-state index contributed by atoms with van der Waals surface area (Å²) in [6.45, 7) is 4.83. The second-order valence-electron chi connectivity index (χ2n) is 6.28. The van der Waals surface area contributed by atoms with Crippen LogP contribution in [0.25, 0.3) is 10.8 Å². The van der Waals surface area contributed by atoms with Crippen molar-refractivity contribution in [1.82, 2.24) is 15.1 Å². The van der Waals surface area contributed by atoms with E-state index in [-0.39, 0.29) is 6.10 Å². The number of fused-ring (bicyclic) bond motifs is 1. The van der Waals surface area contributed by atoms with Crippen molar-refractivity contribution in [3.05, 3.63) is 53.7 Å². The van der Waals surface area contributed by atoms with E-state index in [1.54, 1.807) is 7.11 Å². The molecule has 6 nitrogen and oxygen atoms in total. The summed E-state index contributed by atoms with van der Waals surface area (Å²) in [5.41, 5.74) is 1.18. The molecule has 6 heteroatoms. The molecule has 1 fully saturated rings. The maximum Gasteiger partial charge on any atom is 0.230 e. The Labute approximate surface area is 146 Å². The van der Waals surface area contributed by atoms with E-state index in [2.05, 4.69) is 39.4 Å². The molecule has 1 atom stereocenters. The van der Waals surface area contributed by atoms with Crippen LogP contribution in [0.1, 0.15) is 23.4 Å². The van der Waals surface area contributed by atoms with Crippen molar-refractivity contribution < 1.29 is 13.9 Å². The molecular weight excluding hydrogens is 318 g/mol. The Morgan fingerprint density at radius 2 is 2.00 bits per heavy atom. The first-order chi connectivity index (χ1) is 12.2. The highest BCUT2D eigenvalue weighted by Crippen LogP contribution is 2.28. The summed E-state index contributed by atoms with van der Waals surface area (Å²) in [6, 6.07) is 12.6. The van der Waals surface area contributed by atoms with E-state index >= 15 is 0 Å². The number of morpholine rings is 1. The molecule has 1 aromatic heterocycles. The Kier molecular flexibility index (Phi) is 4.38. The molecule has 25 heavy (non-hydrogen) atoms. The zero-order valence-electron chi connectivity index (χ0n) is 14.4. The van der Waals surface area contributed by atoms with Gasteiger partial charge in [0.1, 0.15) is 5.75 Å². The summed E-state index contributed by atoms with van der Waals surface area (Å²) >= 11 is 0. The predicted octanol–water partition coefficient (Wildman–Crippen LogP) is 3.11. The minimum atomic E-state index is 0.0456. The standard InChI is InChI=1S/C19H21N3O3/c1-13-20-21-19(25-13)12-22-7-8-24-18(11-22)16-4-3-15-10-17(23-2)6-5-14(15)9-16/h3-6,9-10,18H,7-8,11-12H2,1-2H3/t18-/m0/s1. The molecule has 0 spiro atoms. The average molecular weight is 339 g/mol. The van der Waals surface area contributed by atoms with Crippen LogP contribution in [0.2, 0.25) is 0 Å². The summed E-state index contributed by atoms with van der Waals surface area (Å²) < 4.78 is 16.8. The van der Waals surface area contributed by atoms with Gasteiger partial charge in [-0.25, -0.2) is 0 Å². The van der Waals surface area contributed by atoms with Crippen molar-refractivity contribution in [1.29, 1.82) is 0 Å². The molecule has 0 amide bonds. The Bertz CT molecular complexity index is 877. The fraction of sp³-hybridized carbons (Fsp3) is 0.368. The zero-order valence-corrected chi connectivity index (χ0v) is 14.4. The molecule has 2 heterocycles. The van der Waals surface area contributed by atoms with E-state index < -0.39 is 0 Å². The lowest BCUT2D eigenvalue weighted by atomic mass is 10.0. The van der Waals surface area contributed by atoms with Crippen molar-refractivity contribution in [3.63, 3.8) is 0 Å². The van der Waals surface area contributed by atoms with Crippen LogP contribution in [-0.4, -0.2) is 41.9 Å². The molecule has 0 aliphatic carbocycles. The minimum absolute atomic E-state index is 0.0456. The Morgan fingerprint density at radius 3 is 2.80 bits per heavy atom. The zero-order chi connectivity index (χ0) is 17.2. The number of hydrogen-bond donors (Lipinski definition) is 0. The third kappa shape index (κ3) is 3.50. The molecule has 0 saturated carbocycles. The predicted molar refractivity (Wildman–Crippen MR) is 93.5 cm³/mol. The van der Waals surface area contributed by atoms with Gasteiger partial charge < -0.3 is 13.9 Å². The summed E-state index contributed by atoms with van der Waals surface area (Å²) in [5, 5.41) is 10.3. The van der Waals surface area contributed by atoms with Gasteiger partial charge in [-0.2, -0.15) is 0 Å². The molecule has 0 bridgehead atoms. The highest BCUT2D eigenvalue weighted by Gasteiger charge is 2.23. The fourth-order valence-electron chi connectivity index (χ4n) is 3.21. The molecule has 1 aliphatic rings. The molecule has 1 saturated heterocycles. The fourth-order valence-corrected chi connectivity index (χ4v) is 3.21. The van der Waals surface area contributed by atoms with E-state index in [0.29, 0.717) is 24.9 Å². The topological polar surface area (TPSA) is 60.6 Å². The number of rotatable bonds is 4. The Balaban J connectivity index is 1.51. The molecule has 0 N–H and O–H groups in total. The Hall–Kier alpha value is -2.44. The molecule has 0 radical (unpaired) electrons. The molecule has 4 rings (SSSR count). The molecule has 3 aromatic rings. The quantitative estimate of drug-likeness (QED) is 0.728. The second-order valence-corrected chi connectivity index (χ2v) is 6.28. The summed E-state index contributed by atoms with van der Waals surface area (Å²) in [5.74, 6) is 2.13. The van der Waals surface area contributed by atoms with E-state index in [9.17, 15) is 0 Å². The number of ether oxygens (including phenoxy) is 2. The Morgan fingerprint density at radius 1 is 1.16 bits per heavy atom. The smallest absolute Gasteiger partial charge is 0.230 e. The van der Waals surface area contributed by atoms with Crippen LogP contribution >= 0.6 is 0 Å². The van der Waals surface area contributed by atoms with Gasteiger partial charge in [0.25, 0.3) is 0 Å². The first-order valence-corrected chi connectivity index (χ1v) is 8.42. The average Bonchev–Trinajstić information content (AvgIpc) is 3.05. The monoisotopic (exact) mass is 339 g/mol. The molecule has 1 aliphatic heterocycles. The maximum absolute atomic E-state index is 6.00. The highest BCUT2D eigenvalue weighted by molar-refractivity contribution is 5.84. The van der Waals surface area contributed by atoms with Gasteiger partial charge in [-0.1, -0.05) is 18.2 Å². The lowest BCUT2D eigenvalue weighted by Gasteiger charge is -2.32. The minimum Gasteiger partial charge on any atom is -0.497 e. The van der Waals surface area contributed by atoms with Gasteiger partial charge in [0.15, 0.2) is 0 Å². The van der Waals surface area contributed by atoms with Crippen molar-refractivity contribution in [3.8, 4) is 5.75 Å². The third-order valence-electron chi connectivity index (χ3n) is 4.52. The summed E-state index contributed by atoms with van der Waals surface area (Å²) in [4.78, 5) is 2.29. The first kappa shape index (κ1) is 16.1. The van der Waals surface area contributed by atoms with Crippen LogP contribution in [0.5, 0.6) is 5.75 Å². The third-order valence-corrected chi connectivity index (χ3v) is 4.52. The van der Waals surface area contributed by atoms with E-state index in [1.165, 1.54) is 10.9 Å². The van der Waals surface area contributed by atoms with Crippen LogP contribution in [0.15, 0.2) is 40.8 Å². The van der Waals surface area contributed by atoms with Crippen LogP contribution in [-0.2, 0) is 11.3 Å². The number of benzene rings is 2. The van der Waals surface area contributed by atoms with Crippen molar-refractivity contribution in [2.24, 2.45) is 0 Å². The molecule has 130 valence electrons. The van der Waals surface area contributed by atoms with Gasteiger partial charge in [-0.15, -0.1) is 10.2 Å². The van der Waals surface area contributed by atoms with Gasteiger partial charge in [0, 0.05) is 20.0 Å². The lowest BCUT2D eigenvalue weighted by Crippen LogP contribution is -2.37. The van der Waals surface area contributed by atoms with Gasteiger partial charge in [-0.3, -0.25) is 4.90 Å². The van der Waals surface area contributed by atoms with Gasteiger partial charge in [0.2, 0.25) is 11.8 Å². The van der Waals surface area contributed by atoms with Crippen molar-refractivity contribution in [2.75, 3.05) is 26.8 Å². The molecular formula is C19H21N3O3. The van der Waals surface area contributed by atoms with E-state index in [0.717, 1.165) is 24.2 Å².